The lowest BCUT2D eigenvalue weighted by Gasteiger charge is -2.14. The van der Waals surface area contributed by atoms with Crippen LogP contribution in [0.2, 0.25) is 0 Å². The summed E-state index contributed by atoms with van der Waals surface area (Å²) in [4.78, 5) is 0. The van der Waals surface area contributed by atoms with Crippen LogP contribution < -0.4 is 0 Å². The molecule has 0 aliphatic carbocycles. The number of hydrogen-bond donors (Lipinski definition) is 0. The van der Waals surface area contributed by atoms with Crippen LogP contribution in [-0.2, 0) is 0 Å². The maximum absolute atomic E-state index is 2.26. The molecule has 0 saturated heterocycles. The Morgan fingerprint density at radius 2 is 1.77 bits per heavy atom. The third kappa shape index (κ3) is 9.39. The fraction of sp³-hybridized carbons (Fsp3) is 0.692. The molecule has 0 rings (SSSR count). The second kappa shape index (κ2) is 6.01. The molecular formula is C13H24. The normalized spacial score (nSPS) is 15.8. The molecule has 0 aliphatic rings. The first-order chi connectivity index (χ1) is 5.95. The van der Waals surface area contributed by atoms with Gasteiger partial charge in [0.2, 0.25) is 0 Å². The van der Waals surface area contributed by atoms with Crippen molar-refractivity contribution in [3.8, 4) is 0 Å². The molecule has 0 N–H and O–H groups in total. The molecule has 76 valence electrons. The summed E-state index contributed by atoms with van der Waals surface area (Å²) >= 11 is 0. The summed E-state index contributed by atoms with van der Waals surface area (Å²) in [7, 11) is 0. The van der Waals surface area contributed by atoms with Crippen LogP contribution in [0.5, 0.6) is 0 Å². The van der Waals surface area contributed by atoms with Gasteiger partial charge in [-0.25, -0.2) is 0 Å². The number of hydrogen-bond acceptors (Lipinski definition) is 0. The Kier molecular flexibility index (Phi) is 5.77. The van der Waals surface area contributed by atoms with E-state index in [9.17, 15) is 0 Å². The summed E-state index contributed by atoms with van der Waals surface area (Å²) in [6.45, 7) is 11.2. The standard InChI is InChI=1S/C13H24/c1-6-12(2)10-8-7-9-11-13(3,4)5/h7-10,12H,6,11H2,1-5H3/b9-7+,10-8+. The molecule has 13 heavy (non-hydrogen) atoms. The van der Waals surface area contributed by atoms with Gasteiger partial charge in [0.05, 0.1) is 0 Å². The van der Waals surface area contributed by atoms with Crippen molar-refractivity contribution in [3.05, 3.63) is 24.3 Å². The second-order valence-corrected chi connectivity index (χ2v) is 4.96. The van der Waals surface area contributed by atoms with E-state index < -0.39 is 0 Å². The van der Waals surface area contributed by atoms with E-state index in [2.05, 4.69) is 58.9 Å². The van der Waals surface area contributed by atoms with Crippen LogP contribution >= 0.6 is 0 Å². The fourth-order valence-corrected chi connectivity index (χ4v) is 0.890. The Bertz CT molecular complexity index is 167. The summed E-state index contributed by atoms with van der Waals surface area (Å²) in [5, 5.41) is 0. The largest absolute Gasteiger partial charge is 0.0840 e. The van der Waals surface area contributed by atoms with E-state index in [1.54, 1.807) is 0 Å². The van der Waals surface area contributed by atoms with E-state index in [1.807, 2.05) is 0 Å². The highest BCUT2D eigenvalue weighted by atomic mass is 14.1. The summed E-state index contributed by atoms with van der Waals surface area (Å²) in [5.41, 5.74) is 0.417. The summed E-state index contributed by atoms with van der Waals surface area (Å²) in [5.74, 6) is 0.708. The van der Waals surface area contributed by atoms with Crippen LogP contribution in [0.4, 0.5) is 0 Å². The molecule has 0 amide bonds. The molecule has 0 radical (unpaired) electrons. The first kappa shape index (κ1) is 12.5. The van der Waals surface area contributed by atoms with Crippen LogP contribution in [-0.4, -0.2) is 0 Å². The van der Waals surface area contributed by atoms with Crippen molar-refractivity contribution >= 4 is 0 Å². The van der Waals surface area contributed by atoms with Gasteiger partial charge in [-0.05, 0) is 17.8 Å². The summed E-state index contributed by atoms with van der Waals surface area (Å²) in [6, 6.07) is 0. The van der Waals surface area contributed by atoms with Crippen molar-refractivity contribution in [2.24, 2.45) is 11.3 Å². The highest BCUT2D eigenvalue weighted by Crippen LogP contribution is 2.18. The highest BCUT2D eigenvalue weighted by molar-refractivity contribution is 5.04. The maximum atomic E-state index is 2.26. The zero-order valence-corrected chi connectivity index (χ0v) is 9.80. The van der Waals surface area contributed by atoms with Crippen molar-refractivity contribution in [2.75, 3.05) is 0 Å². The van der Waals surface area contributed by atoms with Gasteiger partial charge in [0.15, 0.2) is 0 Å². The van der Waals surface area contributed by atoms with Gasteiger partial charge in [-0.2, -0.15) is 0 Å². The van der Waals surface area contributed by atoms with Gasteiger partial charge in [0, 0.05) is 0 Å². The Balaban J connectivity index is 3.69. The van der Waals surface area contributed by atoms with Gasteiger partial charge in [-0.15, -0.1) is 0 Å². The van der Waals surface area contributed by atoms with Gasteiger partial charge in [0.25, 0.3) is 0 Å². The molecule has 0 nitrogen and oxygen atoms in total. The third-order valence-electron chi connectivity index (χ3n) is 2.06. The molecule has 0 saturated carbocycles. The quantitative estimate of drug-likeness (QED) is 0.555. The first-order valence-electron chi connectivity index (χ1n) is 5.29. The van der Waals surface area contributed by atoms with Crippen molar-refractivity contribution in [3.63, 3.8) is 0 Å². The SMILES string of the molecule is CCC(C)/C=C/C=C/CC(C)(C)C. The van der Waals surface area contributed by atoms with Gasteiger partial charge >= 0.3 is 0 Å². The molecule has 0 bridgehead atoms. The molecule has 0 aliphatic heterocycles. The van der Waals surface area contributed by atoms with Crippen molar-refractivity contribution in [2.45, 2.75) is 47.5 Å². The van der Waals surface area contributed by atoms with Crippen LogP contribution in [0.3, 0.4) is 0 Å². The molecule has 0 spiro atoms. The lowest BCUT2D eigenvalue weighted by Crippen LogP contribution is -2.01. The topological polar surface area (TPSA) is 0 Å². The van der Waals surface area contributed by atoms with Crippen molar-refractivity contribution in [1.29, 1.82) is 0 Å². The lowest BCUT2D eigenvalue weighted by molar-refractivity contribution is 0.420. The van der Waals surface area contributed by atoms with Crippen LogP contribution in [0.25, 0.3) is 0 Å². The number of rotatable bonds is 4. The first-order valence-corrected chi connectivity index (χ1v) is 5.29. The molecule has 0 heterocycles. The lowest BCUT2D eigenvalue weighted by atomic mass is 9.92. The smallest absolute Gasteiger partial charge is 0.0261 e. The van der Waals surface area contributed by atoms with Crippen LogP contribution in [0.15, 0.2) is 24.3 Å². The molecule has 1 unspecified atom stereocenters. The molecular weight excluding hydrogens is 156 g/mol. The molecule has 0 heteroatoms. The molecule has 0 aromatic heterocycles. The van der Waals surface area contributed by atoms with Crippen molar-refractivity contribution < 1.29 is 0 Å². The van der Waals surface area contributed by atoms with E-state index in [4.69, 9.17) is 0 Å². The zero-order valence-electron chi connectivity index (χ0n) is 9.80. The van der Waals surface area contributed by atoms with E-state index in [1.165, 1.54) is 6.42 Å². The van der Waals surface area contributed by atoms with Gasteiger partial charge in [0.1, 0.15) is 0 Å². The fourth-order valence-electron chi connectivity index (χ4n) is 0.890. The van der Waals surface area contributed by atoms with Crippen molar-refractivity contribution in [1.82, 2.24) is 0 Å². The predicted octanol–water partition coefficient (Wildman–Crippen LogP) is 4.58. The summed E-state index contributed by atoms with van der Waals surface area (Å²) < 4.78 is 0. The average molecular weight is 180 g/mol. The van der Waals surface area contributed by atoms with E-state index in [0.717, 1.165) is 6.42 Å². The van der Waals surface area contributed by atoms with Crippen LogP contribution in [0.1, 0.15) is 47.5 Å². The Hall–Kier alpha value is -0.520. The van der Waals surface area contributed by atoms with E-state index >= 15 is 0 Å². The van der Waals surface area contributed by atoms with Gasteiger partial charge in [-0.1, -0.05) is 65.3 Å². The Morgan fingerprint density at radius 1 is 1.15 bits per heavy atom. The average Bonchev–Trinajstić information content (AvgIpc) is 2.01. The number of allylic oxidation sites excluding steroid dienone is 4. The monoisotopic (exact) mass is 180 g/mol. The molecule has 0 aromatic carbocycles. The van der Waals surface area contributed by atoms with E-state index in [-0.39, 0.29) is 0 Å². The van der Waals surface area contributed by atoms with E-state index in [0.29, 0.717) is 11.3 Å². The molecule has 1 atom stereocenters. The maximum Gasteiger partial charge on any atom is -0.0261 e. The van der Waals surface area contributed by atoms with Gasteiger partial charge in [-0.3, -0.25) is 0 Å². The Morgan fingerprint density at radius 3 is 2.23 bits per heavy atom. The second-order valence-electron chi connectivity index (χ2n) is 4.96. The predicted molar refractivity (Wildman–Crippen MR) is 61.8 cm³/mol. The highest BCUT2D eigenvalue weighted by Gasteiger charge is 2.05. The minimum Gasteiger partial charge on any atom is -0.0840 e. The van der Waals surface area contributed by atoms with Crippen LogP contribution in [0, 0.1) is 11.3 Å². The van der Waals surface area contributed by atoms with Gasteiger partial charge < -0.3 is 0 Å². The minimum absolute atomic E-state index is 0.417. The Labute approximate surface area is 83.7 Å². The third-order valence-corrected chi connectivity index (χ3v) is 2.06. The zero-order chi connectivity index (χ0) is 10.3. The molecule has 0 aromatic rings. The minimum atomic E-state index is 0.417. The summed E-state index contributed by atoms with van der Waals surface area (Å²) in [6.07, 6.45) is 11.2. The molecule has 0 fully saturated rings.